The number of rotatable bonds is 5. The number of fused-ring (bicyclic) bond motifs is 1. The smallest absolute Gasteiger partial charge is 0.269 e. The average Bonchev–Trinajstić information content (AvgIpc) is 3.03. The Labute approximate surface area is 171 Å². The lowest BCUT2D eigenvalue weighted by Crippen LogP contribution is -1.98. The second-order valence-electron chi connectivity index (χ2n) is 6.36. The third-order valence-electron chi connectivity index (χ3n) is 4.36. The number of ether oxygens (including phenoxy) is 2. The lowest BCUT2D eigenvalue weighted by atomic mass is 10.1. The van der Waals surface area contributed by atoms with Crippen molar-refractivity contribution in [3.63, 3.8) is 0 Å². The van der Waals surface area contributed by atoms with Crippen LogP contribution >= 0.6 is 11.6 Å². The van der Waals surface area contributed by atoms with Gasteiger partial charge in [-0.05, 0) is 53.6 Å². The molecule has 144 valence electrons. The highest BCUT2D eigenvalue weighted by atomic mass is 35.5. The molecule has 1 aliphatic heterocycles. The first-order chi connectivity index (χ1) is 14.0. The fourth-order valence-corrected chi connectivity index (χ4v) is 2.97. The number of benzene rings is 3. The van der Waals surface area contributed by atoms with Crippen LogP contribution in [-0.2, 0) is 6.61 Å². The maximum absolute atomic E-state index is 12.5. The van der Waals surface area contributed by atoms with E-state index in [2.05, 4.69) is 0 Å². The van der Waals surface area contributed by atoms with Crippen molar-refractivity contribution in [2.24, 2.45) is 0 Å². The monoisotopic (exact) mass is 407 g/mol. The van der Waals surface area contributed by atoms with Gasteiger partial charge in [0, 0.05) is 23.2 Å². The molecule has 0 radical (unpaired) electrons. The fraction of sp³-hybridized carbons (Fsp3) is 0.0455. The van der Waals surface area contributed by atoms with Gasteiger partial charge in [0.25, 0.3) is 5.69 Å². The van der Waals surface area contributed by atoms with Crippen molar-refractivity contribution in [2.45, 2.75) is 6.61 Å². The van der Waals surface area contributed by atoms with Gasteiger partial charge in [-0.25, -0.2) is 0 Å². The molecule has 0 amide bonds. The third kappa shape index (κ3) is 4.12. The molecule has 29 heavy (non-hydrogen) atoms. The Morgan fingerprint density at radius 1 is 1.03 bits per heavy atom. The molecule has 0 saturated heterocycles. The molecule has 0 aliphatic carbocycles. The number of nitro benzene ring substituents is 1. The normalized spacial score (nSPS) is 13.8. The van der Waals surface area contributed by atoms with Crippen LogP contribution in [0, 0.1) is 10.1 Å². The first-order valence-corrected chi connectivity index (χ1v) is 9.07. The molecule has 7 heteroatoms. The zero-order valence-electron chi connectivity index (χ0n) is 15.0. The summed E-state index contributed by atoms with van der Waals surface area (Å²) in [5.74, 6) is 0.895. The number of halogens is 1. The van der Waals surface area contributed by atoms with Gasteiger partial charge in [0.15, 0.2) is 5.76 Å². The molecule has 0 N–H and O–H groups in total. The van der Waals surface area contributed by atoms with Gasteiger partial charge in [0.05, 0.1) is 10.5 Å². The summed E-state index contributed by atoms with van der Waals surface area (Å²) in [7, 11) is 0. The van der Waals surface area contributed by atoms with Gasteiger partial charge in [-0.3, -0.25) is 14.9 Å². The number of non-ortho nitro benzene ring substituents is 1. The van der Waals surface area contributed by atoms with Crippen LogP contribution in [0.5, 0.6) is 11.5 Å². The first kappa shape index (κ1) is 18.7. The summed E-state index contributed by atoms with van der Waals surface area (Å²) < 4.78 is 11.5. The van der Waals surface area contributed by atoms with E-state index in [4.69, 9.17) is 21.1 Å². The van der Waals surface area contributed by atoms with E-state index in [9.17, 15) is 14.9 Å². The topological polar surface area (TPSA) is 78.7 Å². The van der Waals surface area contributed by atoms with Crippen molar-refractivity contribution in [1.82, 2.24) is 0 Å². The number of allylic oxidation sites excluding steroid dienone is 1. The van der Waals surface area contributed by atoms with Gasteiger partial charge >= 0.3 is 0 Å². The molecule has 0 bridgehead atoms. The lowest BCUT2D eigenvalue weighted by Gasteiger charge is -2.07. The molecular weight excluding hydrogens is 394 g/mol. The summed E-state index contributed by atoms with van der Waals surface area (Å²) in [6.07, 6.45) is 1.56. The largest absolute Gasteiger partial charge is 0.489 e. The molecule has 0 fully saturated rings. The van der Waals surface area contributed by atoms with Crippen LogP contribution in [-0.4, -0.2) is 10.7 Å². The number of nitrogens with zero attached hydrogens (tertiary/aromatic N) is 1. The van der Waals surface area contributed by atoms with Gasteiger partial charge < -0.3 is 9.47 Å². The van der Waals surface area contributed by atoms with E-state index in [0.29, 0.717) is 34.3 Å². The molecule has 0 spiro atoms. The van der Waals surface area contributed by atoms with E-state index in [1.807, 2.05) is 12.1 Å². The molecule has 0 aromatic heterocycles. The summed E-state index contributed by atoms with van der Waals surface area (Å²) >= 11 is 5.88. The van der Waals surface area contributed by atoms with Crippen LogP contribution in [0.4, 0.5) is 5.69 Å². The second-order valence-corrected chi connectivity index (χ2v) is 6.80. The predicted octanol–water partition coefficient (Wildman–Crippen LogP) is 5.44. The van der Waals surface area contributed by atoms with Crippen molar-refractivity contribution < 1.29 is 19.2 Å². The van der Waals surface area contributed by atoms with Crippen LogP contribution in [0.1, 0.15) is 21.5 Å². The minimum absolute atomic E-state index is 0.0171. The number of hydrogen-bond acceptors (Lipinski definition) is 5. The summed E-state index contributed by atoms with van der Waals surface area (Å²) in [5.41, 5.74) is 2.02. The molecule has 0 atom stereocenters. The predicted molar refractivity (Wildman–Crippen MR) is 108 cm³/mol. The van der Waals surface area contributed by atoms with Crippen molar-refractivity contribution in [1.29, 1.82) is 0 Å². The Hall–Kier alpha value is -3.64. The van der Waals surface area contributed by atoms with E-state index < -0.39 is 4.92 Å². The van der Waals surface area contributed by atoms with Crippen LogP contribution in [0.2, 0.25) is 5.02 Å². The van der Waals surface area contributed by atoms with Crippen molar-refractivity contribution in [3.8, 4) is 11.5 Å². The van der Waals surface area contributed by atoms with Gasteiger partial charge in [-0.1, -0.05) is 23.7 Å². The Kier molecular flexibility index (Phi) is 5.01. The number of ketones is 1. The Bertz CT molecular complexity index is 1120. The second kappa shape index (κ2) is 7.77. The highest BCUT2D eigenvalue weighted by Crippen LogP contribution is 2.35. The maximum atomic E-state index is 12.5. The maximum Gasteiger partial charge on any atom is 0.269 e. The molecule has 6 nitrogen and oxygen atoms in total. The number of nitro groups is 1. The number of hydrogen-bond donors (Lipinski definition) is 0. The minimum atomic E-state index is -0.477. The van der Waals surface area contributed by atoms with Gasteiger partial charge in [0.1, 0.15) is 18.1 Å². The van der Waals surface area contributed by atoms with Gasteiger partial charge in [-0.15, -0.1) is 0 Å². The summed E-state index contributed by atoms with van der Waals surface area (Å²) in [6, 6.07) is 18.2. The van der Waals surface area contributed by atoms with E-state index in [1.54, 1.807) is 48.5 Å². The third-order valence-corrected chi connectivity index (χ3v) is 4.61. The lowest BCUT2D eigenvalue weighted by molar-refractivity contribution is -0.384. The van der Waals surface area contributed by atoms with Crippen molar-refractivity contribution >= 4 is 29.1 Å². The molecule has 0 saturated carbocycles. The molecule has 1 heterocycles. The molecule has 4 rings (SSSR count). The quantitative estimate of drug-likeness (QED) is 0.319. The van der Waals surface area contributed by atoms with E-state index in [-0.39, 0.29) is 17.2 Å². The zero-order valence-corrected chi connectivity index (χ0v) is 15.8. The Morgan fingerprint density at radius 2 is 1.76 bits per heavy atom. The van der Waals surface area contributed by atoms with Crippen molar-refractivity contribution in [3.05, 3.63) is 104 Å². The SMILES string of the molecule is O=C1/C(=C\c2ccc([N+](=O)[O-])cc2)Oc2cc(OCc3ccc(Cl)cc3)ccc21. The van der Waals surface area contributed by atoms with Gasteiger partial charge in [-0.2, -0.15) is 0 Å². The van der Waals surface area contributed by atoms with Crippen LogP contribution in [0.3, 0.4) is 0 Å². The van der Waals surface area contributed by atoms with Gasteiger partial charge in [0.2, 0.25) is 5.78 Å². The first-order valence-electron chi connectivity index (χ1n) is 8.69. The van der Waals surface area contributed by atoms with Crippen LogP contribution in [0.25, 0.3) is 6.08 Å². The zero-order chi connectivity index (χ0) is 20.4. The van der Waals surface area contributed by atoms with Crippen LogP contribution < -0.4 is 9.47 Å². The fourth-order valence-electron chi connectivity index (χ4n) is 2.85. The molecule has 1 aliphatic rings. The van der Waals surface area contributed by atoms with E-state index in [1.165, 1.54) is 12.1 Å². The molecule has 3 aromatic rings. The van der Waals surface area contributed by atoms with Crippen molar-refractivity contribution in [2.75, 3.05) is 0 Å². The number of carbonyl (C=O) groups is 1. The van der Waals surface area contributed by atoms with E-state index in [0.717, 1.165) is 5.56 Å². The average molecular weight is 408 g/mol. The molecular formula is C22H14ClNO5. The standard InChI is InChI=1S/C22H14ClNO5/c23-16-5-1-15(2-6-16)13-28-18-9-10-19-20(12-18)29-21(22(19)25)11-14-3-7-17(8-4-14)24(26)27/h1-12H,13H2/b21-11+. The number of carbonyl (C=O) groups excluding carboxylic acids is 1. The highest BCUT2D eigenvalue weighted by Gasteiger charge is 2.27. The Balaban J connectivity index is 1.49. The molecule has 0 unspecified atom stereocenters. The Morgan fingerprint density at radius 3 is 2.45 bits per heavy atom. The van der Waals surface area contributed by atoms with E-state index >= 15 is 0 Å². The minimum Gasteiger partial charge on any atom is -0.489 e. The van der Waals surface area contributed by atoms with Crippen LogP contribution in [0.15, 0.2) is 72.5 Å². The number of Topliss-reactive ketones (excluding diaryl/α,β-unsaturated/α-hetero) is 1. The highest BCUT2D eigenvalue weighted by molar-refractivity contribution is 6.30. The molecule has 3 aromatic carbocycles. The summed E-state index contributed by atoms with van der Waals surface area (Å²) in [5, 5.41) is 11.4. The summed E-state index contributed by atoms with van der Waals surface area (Å²) in [4.78, 5) is 22.8. The summed E-state index contributed by atoms with van der Waals surface area (Å²) in [6.45, 7) is 0.357.